The van der Waals surface area contributed by atoms with Gasteiger partial charge in [0.1, 0.15) is 5.75 Å². The van der Waals surface area contributed by atoms with E-state index >= 15 is 0 Å². The van der Waals surface area contributed by atoms with Crippen LogP contribution in [-0.2, 0) is 6.42 Å². The van der Waals surface area contributed by atoms with Crippen molar-refractivity contribution in [3.8, 4) is 16.9 Å². The van der Waals surface area contributed by atoms with Gasteiger partial charge in [0.15, 0.2) is 0 Å². The van der Waals surface area contributed by atoms with E-state index in [1.807, 2.05) is 18.2 Å². The summed E-state index contributed by atoms with van der Waals surface area (Å²) in [6, 6.07) is 21.7. The molecule has 32 heavy (non-hydrogen) atoms. The van der Waals surface area contributed by atoms with Crippen LogP contribution in [0.4, 0.5) is 11.4 Å². The molecule has 5 nitrogen and oxygen atoms in total. The number of hydrogen-bond acceptors (Lipinski definition) is 4. The second-order valence-corrected chi connectivity index (χ2v) is 8.36. The number of nitro benzene ring substituents is 1. The Kier molecular flexibility index (Phi) is 7.38. The molecule has 0 heterocycles. The van der Waals surface area contributed by atoms with E-state index in [0.717, 1.165) is 48.4 Å². The largest absolute Gasteiger partial charge is 0.494 e. The molecule has 0 fully saturated rings. The van der Waals surface area contributed by atoms with Gasteiger partial charge in [0.2, 0.25) is 0 Å². The highest BCUT2D eigenvalue weighted by atomic mass is 16.6. The maximum Gasteiger partial charge on any atom is 0.269 e. The Morgan fingerprint density at radius 1 is 0.812 bits per heavy atom. The number of unbranched alkanes of at least 4 members (excludes halogenated alkanes) is 5. The van der Waals surface area contributed by atoms with Gasteiger partial charge in [0.25, 0.3) is 5.69 Å². The third-order valence-electron chi connectivity index (χ3n) is 5.99. The highest BCUT2D eigenvalue weighted by Crippen LogP contribution is 2.39. The lowest BCUT2D eigenvalue weighted by Gasteiger charge is -2.09. The third kappa shape index (κ3) is 5.67. The summed E-state index contributed by atoms with van der Waals surface area (Å²) < 4.78 is 5.97. The summed E-state index contributed by atoms with van der Waals surface area (Å²) in [6.45, 7) is 1.76. The van der Waals surface area contributed by atoms with Crippen molar-refractivity contribution in [2.24, 2.45) is 0 Å². The van der Waals surface area contributed by atoms with Crippen LogP contribution in [0.3, 0.4) is 0 Å². The lowest BCUT2D eigenvalue weighted by molar-refractivity contribution is -0.384. The van der Waals surface area contributed by atoms with Gasteiger partial charge in [-0.15, -0.1) is 0 Å². The van der Waals surface area contributed by atoms with Crippen LogP contribution >= 0.6 is 0 Å². The number of ether oxygens (including phenoxy) is 1. The number of anilines is 1. The van der Waals surface area contributed by atoms with E-state index in [1.165, 1.54) is 43.4 Å². The summed E-state index contributed by atoms with van der Waals surface area (Å²) in [4.78, 5) is 10.7. The second kappa shape index (κ2) is 10.8. The molecule has 0 aromatic heterocycles. The van der Waals surface area contributed by atoms with Gasteiger partial charge in [0, 0.05) is 24.4 Å². The summed E-state index contributed by atoms with van der Waals surface area (Å²) >= 11 is 0. The minimum Gasteiger partial charge on any atom is -0.494 e. The number of hydrogen-bond donors (Lipinski definition) is 1. The van der Waals surface area contributed by atoms with Gasteiger partial charge in [-0.05, 0) is 71.8 Å². The van der Waals surface area contributed by atoms with E-state index in [4.69, 9.17) is 4.74 Å². The maximum absolute atomic E-state index is 11.0. The van der Waals surface area contributed by atoms with Crippen molar-refractivity contribution in [3.05, 3.63) is 88.0 Å². The van der Waals surface area contributed by atoms with Crippen molar-refractivity contribution >= 4 is 11.4 Å². The molecular weight excluding hydrogens is 400 g/mol. The molecule has 1 N–H and O–H groups in total. The highest BCUT2D eigenvalue weighted by Gasteiger charge is 2.21. The van der Waals surface area contributed by atoms with E-state index < -0.39 is 0 Å². The molecule has 0 aliphatic heterocycles. The summed E-state index contributed by atoms with van der Waals surface area (Å²) in [5.41, 5.74) is 5.80. The van der Waals surface area contributed by atoms with Crippen LogP contribution in [0.15, 0.2) is 66.7 Å². The van der Waals surface area contributed by atoms with Crippen molar-refractivity contribution in [2.75, 3.05) is 18.5 Å². The van der Waals surface area contributed by atoms with Crippen LogP contribution in [0.2, 0.25) is 0 Å². The van der Waals surface area contributed by atoms with Crippen molar-refractivity contribution < 1.29 is 9.66 Å². The number of nitrogens with zero attached hydrogens (tertiary/aromatic N) is 1. The quantitative estimate of drug-likeness (QED) is 0.149. The predicted octanol–water partition coefficient (Wildman–Crippen LogP) is 7.00. The zero-order chi connectivity index (χ0) is 22.2. The molecule has 1 aliphatic rings. The first-order valence-corrected chi connectivity index (χ1v) is 11.5. The zero-order valence-electron chi connectivity index (χ0n) is 18.4. The molecule has 4 rings (SSSR count). The van der Waals surface area contributed by atoms with E-state index in [2.05, 4.69) is 41.7 Å². The first-order chi connectivity index (χ1) is 15.7. The summed E-state index contributed by atoms with van der Waals surface area (Å²) in [5, 5.41) is 14.5. The number of fused-ring (bicyclic) bond motifs is 3. The van der Waals surface area contributed by atoms with E-state index in [9.17, 15) is 10.1 Å². The van der Waals surface area contributed by atoms with Crippen LogP contribution in [0.1, 0.15) is 49.7 Å². The van der Waals surface area contributed by atoms with E-state index in [0.29, 0.717) is 0 Å². The number of benzene rings is 3. The first-order valence-electron chi connectivity index (χ1n) is 11.5. The molecule has 3 aromatic rings. The summed E-state index contributed by atoms with van der Waals surface area (Å²) in [7, 11) is 0. The van der Waals surface area contributed by atoms with Crippen molar-refractivity contribution in [1.29, 1.82) is 0 Å². The minimum absolute atomic E-state index is 0.153. The number of non-ortho nitro benzene ring substituents is 1. The van der Waals surface area contributed by atoms with Gasteiger partial charge in [0.05, 0.1) is 11.5 Å². The van der Waals surface area contributed by atoms with E-state index in [-0.39, 0.29) is 10.6 Å². The summed E-state index contributed by atoms with van der Waals surface area (Å²) in [6.07, 6.45) is 7.93. The van der Waals surface area contributed by atoms with Gasteiger partial charge in [-0.1, -0.05) is 49.9 Å². The highest BCUT2D eigenvalue weighted by molar-refractivity contribution is 5.78. The Morgan fingerprint density at radius 2 is 1.50 bits per heavy atom. The Balaban J connectivity index is 1.11. The molecular formula is C27H30N2O3. The van der Waals surface area contributed by atoms with Gasteiger partial charge in [-0.2, -0.15) is 0 Å². The molecule has 1 aliphatic carbocycles. The molecule has 166 valence electrons. The molecule has 0 saturated heterocycles. The smallest absolute Gasteiger partial charge is 0.269 e. The fourth-order valence-electron chi connectivity index (χ4n) is 4.29. The molecule has 0 unspecified atom stereocenters. The lowest BCUT2D eigenvalue weighted by atomic mass is 10.1. The normalized spacial score (nSPS) is 11.6. The Bertz CT molecular complexity index is 1050. The van der Waals surface area contributed by atoms with Gasteiger partial charge in [-0.25, -0.2) is 0 Å². The molecule has 0 amide bonds. The molecule has 0 spiro atoms. The lowest BCUT2D eigenvalue weighted by Crippen LogP contribution is -2.01. The average Bonchev–Trinajstić information content (AvgIpc) is 3.18. The molecule has 0 radical (unpaired) electrons. The number of para-hydroxylation sites is 1. The van der Waals surface area contributed by atoms with Gasteiger partial charge in [-0.3, -0.25) is 10.1 Å². The first kappa shape index (κ1) is 21.9. The topological polar surface area (TPSA) is 64.4 Å². The average molecular weight is 431 g/mol. The van der Waals surface area contributed by atoms with Crippen LogP contribution < -0.4 is 10.1 Å². The summed E-state index contributed by atoms with van der Waals surface area (Å²) in [5.74, 6) is 0.887. The van der Waals surface area contributed by atoms with Crippen LogP contribution in [0.25, 0.3) is 11.1 Å². The number of nitro groups is 1. The standard InChI is InChI=1S/C27H30N2O3/c30-29(31)24-12-14-26-21(19-24)18-22-20-25(13-15-27(22)26)32-17-9-4-2-1-3-8-16-28-23-10-6-5-7-11-23/h5-7,10-15,19-20,28H,1-4,8-9,16-18H2. The zero-order valence-corrected chi connectivity index (χ0v) is 18.4. The molecule has 3 aromatic carbocycles. The molecule has 0 saturated carbocycles. The monoisotopic (exact) mass is 430 g/mol. The maximum atomic E-state index is 11.0. The Hall–Kier alpha value is -3.34. The van der Waals surface area contributed by atoms with Gasteiger partial charge >= 0.3 is 0 Å². The molecule has 0 bridgehead atoms. The predicted molar refractivity (Wildman–Crippen MR) is 129 cm³/mol. The van der Waals surface area contributed by atoms with Gasteiger partial charge < -0.3 is 10.1 Å². The number of nitrogens with one attached hydrogen (secondary N) is 1. The van der Waals surface area contributed by atoms with Crippen molar-refractivity contribution in [1.82, 2.24) is 0 Å². The number of rotatable bonds is 12. The van der Waals surface area contributed by atoms with Crippen molar-refractivity contribution in [2.45, 2.75) is 44.9 Å². The Labute approximate surface area is 189 Å². The van der Waals surface area contributed by atoms with E-state index in [1.54, 1.807) is 12.1 Å². The third-order valence-corrected chi connectivity index (χ3v) is 5.99. The van der Waals surface area contributed by atoms with Crippen molar-refractivity contribution in [3.63, 3.8) is 0 Å². The fourth-order valence-corrected chi connectivity index (χ4v) is 4.29. The second-order valence-electron chi connectivity index (χ2n) is 8.36. The SMILES string of the molecule is O=[N+]([O-])c1ccc2c(c1)Cc1cc(OCCCCCCCCNc3ccccc3)ccc1-2. The Morgan fingerprint density at radius 3 is 2.28 bits per heavy atom. The molecule has 0 atom stereocenters. The minimum atomic E-state index is -0.334. The van der Waals surface area contributed by atoms with Crippen LogP contribution in [-0.4, -0.2) is 18.1 Å². The van der Waals surface area contributed by atoms with Crippen LogP contribution in [0, 0.1) is 10.1 Å². The molecule has 5 heteroatoms. The fraction of sp³-hybridized carbons (Fsp3) is 0.333. The van der Waals surface area contributed by atoms with Crippen LogP contribution in [0.5, 0.6) is 5.75 Å².